The third-order valence-corrected chi connectivity index (χ3v) is 5.11. The molecule has 10 heteroatoms. The van der Waals surface area contributed by atoms with E-state index in [-0.39, 0.29) is 17.5 Å². The molecule has 2 atom stereocenters. The fraction of sp³-hybridized carbons (Fsp3) is 0.316. The Morgan fingerprint density at radius 1 is 1.52 bits per heavy atom. The van der Waals surface area contributed by atoms with Gasteiger partial charge in [0.15, 0.2) is 5.82 Å². The zero-order valence-corrected chi connectivity index (χ0v) is 15.8. The molecule has 0 radical (unpaired) electrons. The van der Waals surface area contributed by atoms with Crippen LogP contribution < -0.4 is 15.7 Å². The van der Waals surface area contributed by atoms with Gasteiger partial charge in [-0.25, -0.2) is 0 Å². The number of nitrogens with zero attached hydrogens (tertiary/aromatic N) is 3. The Kier molecular flexibility index (Phi) is 5.00. The number of benzene rings is 1. The molecule has 2 aliphatic heterocycles. The van der Waals surface area contributed by atoms with Crippen molar-refractivity contribution in [2.45, 2.75) is 19.4 Å². The van der Waals surface area contributed by atoms with E-state index in [9.17, 15) is 15.1 Å². The maximum Gasteiger partial charge on any atom is 0.555 e. The third-order valence-electron chi connectivity index (χ3n) is 5.11. The van der Waals surface area contributed by atoms with E-state index in [1.54, 1.807) is 29.9 Å². The second-order valence-corrected chi connectivity index (χ2v) is 7.14. The van der Waals surface area contributed by atoms with Gasteiger partial charge in [-0.15, -0.1) is 0 Å². The Morgan fingerprint density at radius 3 is 3.10 bits per heavy atom. The summed E-state index contributed by atoms with van der Waals surface area (Å²) in [5.74, 6) is -0.00972. The number of nitriles is 1. The number of carbonyl (C=O) groups excluding carboxylic acids is 1. The highest BCUT2D eigenvalue weighted by Gasteiger charge is 2.30. The monoisotopic (exact) mass is 393 g/mol. The van der Waals surface area contributed by atoms with E-state index in [0.29, 0.717) is 42.4 Å². The zero-order chi connectivity index (χ0) is 20.5. The largest absolute Gasteiger partial charge is 0.555 e. The average molecular weight is 393 g/mol. The van der Waals surface area contributed by atoms with Gasteiger partial charge in [0.1, 0.15) is 11.3 Å². The van der Waals surface area contributed by atoms with Crippen molar-refractivity contribution in [1.82, 2.24) is 9.78 Å². The molecular weight excluding hydrogens is 373 g/mol. The minimum absolute atomic E-state index is 0.225. The summed E-state index contributed by atoms with van der Waals surface area (Å²) in [6.07, 6.45) is 3.99. The SMILES string of the molecule is CC1=Cc2cc(Nc3nn(C4COCC[C@@H]4C#N)cc3C(N)=O)ccc2OB1O. The first-order valence-electron chi connectivity index (χ1n) is 9.26. The van der Waals surface area contributed by atoms with Crippen LogP contribution in [0.4, 0.5) is 11.5 Å². The summed E-state index contributed by atoms with van der Waals surface area (Å²) in [4.78, 5) is 11.9. The Labute approximate surface area is 167 Å². The fourth-order valence-electron chi connectivity index (χ4n) is 3.48. The number of anilines is 2. The fourth-order valence-corrected chi connectivity index (χ4v) is 3.48. The van der Waals surface area contributed by atoms with Crippen molar-refractivity contribution in [1.29, 1.82) is 5.26 Å². The van der Waals surface area contributed by atoms with Crippen molar-refractivity contribution in [2.75, 3.05) is 18.5 Å². The van der Waals surface area contributed by atoms with E-state index in [4.69, 9.17) is 15.1 Å². The van der Waals surface area contributed by atoms with Crippen molar-refractivity contribution >= 4 is 30.6 Å². The molecule has 2 aromatic rings. The molecule has 1 fully saturated rings. The summed E-state index contributed by atoms with van der Waals surface area (Å²) in [5, 5.41) is 26.8. The molecule has 3 heterocycles. The second-order valence-electron chi connectivity index (χ2n) is 7.14. The predicted octanol–water partition coefficient (Wildman–Crippen LogP) is 1.64. The second kappa shape index (κ2) is 7.62. The number of nitrogens with one attached hydrogen (secondary N) is 1. The quantitative estimate of drug-likeness (QED) is 0.672. The smallest absolute Gasteiger partial charge is 0.532 e. The van der Waals surface area contributed by atoms with Crippen LogP contribution in [0.2, 0.25) is 0 Å². The lowest BCUT2D eigenvalue weighted by Gasteiger charge is -2.26. The van der Waals surface area contributed by atoms with Crippen LogP contribution in [0.25, 0.3) is 6.08 Å². The van der Waals surface area contributed by atoms with Crippen molar-refractivity contribution in [3.05, 3.63) is 41.0 Å². The Bertz CT molecular complexity index is 1030. The number of hydrogen-bond acceptors (Lipinski definition) is 7. The number of fused-ring (bicyclic) bond motifs is 1. The number of ether oxygens (including phenoxy) is 1. The molecule has 9 nitrogen and oxygen atoms in total. The van der Waals surface area contributed by atoms with E-state index in [2.05, 4.69) is 16.5 Å². The lowest BCUT2D eigenvalue weighted by Crippen LogP contribution is -2.29. The molecule has 4 rings (SSSR count). The number of amides is 1. The molecule has 4 N–H and O–H groups in total. The predicted molar refractivity (Wildman–Crippen MR) is 106 cm³/mol. The normalized spacial score (nSPS) is 20.9. The van der Waals surface area contributed by atoms with Gasteiger partial charge < -0.3 is 25.5 Å². The van der Waals surface area contributed by atoms with Crippen molar-refractivity contribution < 1.29 is 19.2 Å². The number of nitrogens with two attached hydrogens (primary N) is 1. The number of rotatable bonds is 4. The molecular formula is C19H20BN5O4. The lowest BCUT2D eigenvalue weighted by molar-refractivity contribution is 0.0342. The van der Waals surface area contributed by atoms with Crippen LogP contribution in [0.1, 0.15) is 35.3 Å². The molecule has 2 aliphatic rings. The highest BCUT2D eigenvalue weighted by atomic mass is 16.5. The highest BCUT2D eigenvalue weighted by molar-refractivity contribution is 6.54. The van der Waals surface area contributed by atoms with Gasteiger partial charge in [0.25, 0.3) is 5.91 Å². The van der Waals surface area contributed by atoms with Gasteiger partial charge in [-0.05, 0) is 37.0 Å². The van der Waals surface area contributed by atoms with Crippen LogP contribution in [0.5, 0.6) is 5.75 Å². The van der Waals surface area contributed by atoms with Crippen molar-refractivity contribution in [3.63, 3.8) is 0 Å². The maximum atomic E-state index is 11.9. The Hall–Kier alpha value is -3.29. The number of aromatic nitrogens is 2. The summed E-state index contributed by atoms with van der Waals surface area (Å²) in [5.41, 5.74) is 7.93. The summed E-state index contributed by atoms with van der Waals surface area (Å²) in [7, 11) is -0.954. The van der Waals surface area contributed by atoms with Gasteiger partial charge in [0, 0.05) is 24.1 Å². The number of carbonyl (C=O) groups is 1. The molecule has 1 saturated heterocycles. The van der Waals surface area contributed by atoms with Gasteiger partial charge in [-0.1, -0.05) is 6.08 Å². The first kappa shape index (κ1) is 19.0. The van der Waals surface area contributed by atoms with Crippen LogP contribution in [0.3, 0.4) is 0 Å². The van der Waals surface area contributed by atoms with Gasteiger partial charge in [0.2, 0.25) is 0 Å². The van der Waals surface area contributed by atoms with Gasteiger partial charge in [-0.3, -0.25) is 9.48 Å². The molecule has 1 aromatic heterocycles. The maximum absolute atomic E-state index is 11.9. The molecule has 1 aromatic carbocycles. The number of hydrogen-bond donors (Lipinski definition) is 3. The summed E-state index contributed by atoms with van der Waals surface area (Å²) >= 11 is 0. The minimum Gasteiger partial charge on any atom is -0.532 e. The molecule has 0 bridgehead atoms. The zero-order valence-electron chi connectivity index (χ0n) is 15.8. The standard InChI is InChI=1S/C19H20BN5O4/c1-11-6-13-7-14(2-3-17(13)29-20(11)27)23-19-15(18(22)26)9-25(24-19)16-10-28-5-4-12(16)8-21/h2-3,6-7,9,12,16,27H,4-5,10H2,1H3,(H2,22,26)(H,23,24)/t12-,16?/m1/s1. The topological polar surface area (TPSA) is 135 Å². The molecule has 29 heavy (non-hydrogen) atoms. The lowest BCUT2D eigenvalue weighted by atomic mass is 9.76. The van der Waals surface area contributed by atoms with Crippen LogP contribution in [-0.4, -0.2) is 41.0 Å². The molecule has 148 valence electrons. The van der Waals surface area contributed by atoms with Crippen LogP contribution in [0, 0.1) is 17.2 Å². The van der Waals surface area contributed by atoms with Gasteiger partial charge >= 0.3 is 7.12 Å². The Balaban J connectivity index is 1.64. The average Bonchev–Trinajstić information content (AvgIpc) is 3.13. The van der Waals surface area contributed by atoms with E-state index in [1.165, 1.54) is 0 Å². The number of allylic oxidation sites excluding steroid dienone is 1. The first-order valence-corrected chi connectivity index (χ1v) is 9.26. The van der Waals surface area contributed by atoms with E-state index < -0.39 is 13.0 Å². The minimum atomic E-state index is -0.954. The van der Waals surface area contributed by atoms with Crippen molar-refractivity contribution in [2.24, 2.45) is 11.7 Å². The van der Waals surface area contributed by atoms with Gasteiger partial charge in [-0.2, -0.15) is 10.4 Å². The number of primary amides is 1. The molecule has 1 unspecified atom stereocenters. The Morgan fingerprint density at radius 2 is 2.34 bits per heavy atom. The summed E-state index contributed by atoms with van der Waals surface area (Å²) < 4.78 is 12.5. The molecule has 1 amide bonds. The molecule has 0 aliphatic carbocycles. The highest BCUT2D eigenvalue weighted by Crippen LogP contribution is 2.32. The van der Waals surface area contributed by atoms with Crippen molar-refractivity contribution in [3.8, 4) is 11.8 Å². The van der Waals surface area contributed by atoms with Crippen LogP contribution in [-0.2, 0) is 4.74 Å². The van der Waals surface area contributed by atoms with Crippen LogP contribution in [0.15, 0.2) is 29.9 Å². The van der Waals surface area contributed by atoms with Gasteiger partial charge in [0.05, 0.1) is 24.6 Å². The first-order chi connectivity index (χ1) is 14.0. The summed E-state index contributed by atoms with van der Waals surface area (Å²) in [6, 6.07) is 7.31. The molecule has 0 spiro atoms. The van der Waals surface area contributed by atoms with E-state index in [0.717, 1.165) is 5.56 Å². The summed E-state index contributed by atoms with van der Waals surface area (Å²) in [6.45, 7) is 2.65. The van der Waals surface area contributed by atoms with Crippen LogP contribution >= 0.6 is 0 Å². The van der Waals surface area contributed by atoms with E-state index in [1.807, 2.05) is 12.1 Å². The molecule has 0 saturated carbocycles. The third kappa shape index (κ3) is 3.70. The van der Waals surface area contributed by atoms with E-state index >= 15 is 0 Å².